The highest BCUT2D eigenvalue weighted by molar-refractivity contribution is 7.99. The summed E-state index contributed by atoms with van der Waals surface area (Å²) < 4.78 is 0. The zero-order valence-electron chi connectivity index (χ0n) is 26.3. The van der Waals surface area contributed by atoms with Gasteiger partial charge in [-0.05, 0) is 85.0 Å². The molecule has 0 aromatic heterocycles. The summed E-state index contributed by atoms with van der Waals surface area (Å²) in [7, 11) is 0. The van der Waals surface area contributed by atoms with Gasteiger partial charge in [0, 0.05) is 53.9 Å². The van der Waals surface area contributed by atoms with Crippen LogP contribution in [0.1, 0.15) is 119 Å². The normalized spacial score (nSPS) is 23.3. The molecule has 4 aromatic carbocycles. The van der Waals surface area contributed by atoms with Gasteiger partial charge < -0.3 is 11.5 Å². The molecule has 2 saturated carbocycles. The van der Waals surface area contributed by atoms with Gasteiger partial charge in [-0.3, -0.25) is 9.59 Å². The number of fused-ring (bicyclic) bond motifs is 2. The van der Waals surface area contributed by atoms with Crippen LogP contribution in [0.3, 0.4) is 0 Å². The zero-order valence-corrected chi connectivity index (χ0v) is 27.9. The third-order valence-corrected chi connectivity index (χ3v) is 12.3. The van der Waals surface area contributed by atoms with Crippen LogP contribution < -0.4 is 11.5 Å². The number of benzene rings is 4. The van der Waals surface area contributed by atoms with Crippen molar-refractivity contribution in [1.82, 2.24) is 0 Å². The minimum absolute atomic E-state index is 0.0853. The smallest absolute Gasteiger partial charge is 0.196 e. The molecule has 0 radical (unpaired) electrons. The molecule has 0 bridgehead atoms. The molecule has 7 rings (SSSR count). The molecule has 0 heterocycles. The monoisotopic (exact) mass is 646 g/mol. The average Bonchev–Trinajstić information content (AvgIpc) is 3.43. The Hall–Kier alpha value is -3.16. The van der Waals surface area contributed by atoms with Crippen LogP contribution in [0, 0.1) is 0 Å². The number of ketones is 2. The van der Waals surface area contributed by atoms with Crippen molar-refractivity contribution in [3.63, 3.8) is 0 Å². The second-order valence-electron chi connectivity index (χ2n) is 13.2. The molecule has 0 spiro atoms. The fourth-order valence-electron chi connectivity index (χ4n) is 7.67. The topological polar surface area (TPSA) is 86.2 Å². The quantitative estimate of drug-likeness (QED) is 0.179. The lowest BCUT2D eigenvalue weighted by atomic mass is 9.84. The minimum Gasteiger partial charge on any atom is -0.327 e. The molecule has 0 saturated heterocycles. The molecular weight excluding hydrogens is 605 g/mol. The van der Waals surface area contributed by atoms with Crippen LogP contribution in [0.15, 0.2) is 105 Å². The van der Waals surface area contributed by atoms with E-state index in [1.54, 1.807) is 35.7 Å². The van der Waals surface area contributed by atoms with Gasteiger partial charge in [-0.15, -0.1) is 0 Å². The maximum atomic E-state index is 14.3. The van der Waals surface area contributed by atoms with Gasteiger partial charge >= 0.3 is 0 Å². The van der Waals surface area contributed by atoms with Crippen molar-refractivity contribution in [2.75, 3.05) is 0 Å². The van der Waals surface area contributed by atoms with Crippen LogP contribution in [0.4, 0.5) is 0 Å². The SMILES string of the molecule is NC1CCCCCC1c1ccc(Sc2cccc3c2C(=O)c2c(Sc4ccc(C5CCCCCC5N)cc4)cccc2C3=O)cc1. The fraction of sp³-hybridized carbons (Fsp3) is 0.350. The molecule has 4 N–H and O–H groups in total. The predicted octanol–water partition coefficient (Wildman–Crippen LogP) is 9.51. The van der Waals surface area contributed by atoms with Crippen molar-refractivity contribution in [1.29, 1.82) is 0 Å². The molecule has 4 unspecified atom stereocenters. The third-order valence-electron chi connectivity index (χ3n) is 10.2. The Morgan fingerprint density at radius 1 is 0.478 bits per heavy atom. The Morgan fingerprint density at radius 3 is 1.33 bits per heavy atom. The highest BCUT2D eigenvalue weighted by atomic mass is 32.2. The van der Waals surface area contributed by atoms with Gasteiger partial charge in [0.05, 0.1) is 0 Å². The van der Waals surface area contributed by atoms with Crippen LogP contribution in [-0.2, 0) is 0 Å². The van der Waals surface area contributed by atoms with E-state index in [0.717, 1.165) is 45.3 Å². The lowest BCUT2D eigenvalue weighted by molar-refractivity contribution is 0.0974. The first-order valence-electron chi connectivity index (χ1n) is 16.9. The van der Waals surface area contributed by atoms with E-state index in [1.165, 1.54) is 49.7 Å². The summed E-state index contributed by atoms with van der Waals surface area (Å²) in [6.07, 6.45) is 11.8. The van der Waals surface area contributed by atoms with Crippen molar-refractivity contribution >= 4 is 35.1 Å². The lowest BCUT2D eigenvalue weighted by Crippen LogP contribution is -2.27. The maximum Gasteiger partial charge on any atom is 0.196 e. The number of carbonyl (C=O) groups excluding carboxylic acids is 2. The van der Waals surface area contributed by atoms with Gasteiger partial charge in [-0.2, -0.15) is 0 Å². The van der Waals surface area contributed by atoms with Crippen LogP contribution in [0.25, 0.3) is 0 Å². The van der Waals surface area contributed by atoms with Gasteiger partial charge in [0.25, 0.3) is 0 Å². The summed E-state index contributed by atoms with van der Waals surface area (Å²) in [4.78, 5) is 31.9. The van der Waals surface area contributed by atoms with Crippen LogP contribution in [-0.4, -0.2) is 23.7 Å². The highest BCUT2D eigenvalue weighted by Gasteiger charge is 2.34. The fourth-order valence-corrected chi connectivity index (χ4v) is 9.62. The Balaban J connectivity index is 1.14. The van der Waals surface area contributed by atoms with Gasteiger partial charge in [0.15, 0.2) is 11.6 Å². The lowest BCUT2D eigenvalue weighted by Gasteiger charge is -2.23. The molecule has 4 atom stereocenters. The van der Waals surface area contributed by atoms with E-state index >= 15 is 0 Å². The van der Waals surface area contributed by atoms with E-state index in [-0.39, 0.29) is 23.7 Å². The standard InChI is InChI=1S/C40H42N2O2S2/c41-33-13-5-1-3-9-29(33)25-17-21-27(22-18-25)45-35-15-7-11-31-37(35)40(44)38-32(39(31)43)12-8-16-36(38)46-28-23-19-26(20-24-28)30-10-4-2-6-14-34(30)42/h7-8,11-12,15-24,29-30,33-34H,1-6,9-10,13-14,41-42H2. The van der Waals surface area contributed by atoms with E-state index in [9.17, 15) is 9.59 Å². The molecular formula is C40H42N2O2S2. The Labute approximate surface area is 281 Å². The van der Waals surface area contributed by atoms with Crippen LogP contribution >= 0.6 is 23.5 Å². The van der Waals surface area contributed by atoms with Crippen LogP contribution in [0.2, 0.25) is 0 Å². The van der Waals surface area contributed by atoms with Gasteiger partial charge in [-0.25, -0.2) is 0 Å². The first kappa shape index (κ1) is 31.4. The van der Waals surface area contributed by atoms with E-state index < -0.39 is 0 Å². The molecule has 6 heteroatoms. The van der Waals surface area contributed by atoms with Crippen molar-refractivity contribution in [3.05, 3.63) is 118 Å². The molecule has 3 aliphatic carbocycles. The number of hydrogen-bond donors (Lipinski definition) is 2. The number of nitrogens with two attached hydrogens (primary N) is 2. The van der Waals surface area contributed by atoms with Crippen LogP contribution in [0.5, 0.6) is 0 Å². The minimum atomic E-state index is -0.0927. The molecule has 4 nitrogen and oxygen atoms in total. The summed E-state index contributed by atoms with van der Waals surface area (Å²) in [6.45, 7) is 0. The molecule has 46 heavy (non-hydrogen) atoms. The second-order valence-corrected chi connectivity index (χ2v) is 15.4. The number of rotatable bonds is 6. The van der Waals surface area contributed by atoms with E-state index in [1.807, 2.05) is 24.3 Å². The van der Waals surface area contributed by atoms with Gasteiger partial charge in [0.2, 0.25) is 0 Å². The summed E-state index contributed by atoms with van der Waals surface area (Å²) in [5.41, 5.74) is 17.6. The summed E-state index contributed by atoms with van der Waals surface area (Å²) >= 11 is 3.10. The highest BCUT2D eigenvalue weighted by Crippen LogP contribution is 2.42. The molecule has 4 aromatic rings. The Morgan fingerprint density at radius 2 is 0.891 bits per heavy atom. The summed E-state index contributed by atoms with van der Waals surface area (Å²) in [5, 5.41) is 0. The molecule has 2 fully saturated rings. The van der Waals surface area contributed by atoms with Crippen molar-refractivity contribution < 1.29 is 9.59 Å². The third kappa shape index (κ3) is 6.37. The first-order valence-corrected chi connectivity index (χ1v) is 18.5. The zero-order chi connectivity index (χ0) is 31.6. The number of carbonyl (C=O) groups is 2. The Bertz CT molecular complexity index is 1610. The van der Waals surface area contributed by atoms with Gasteiger partial charge in [0.1, 0.15) is 0 Å². The van der Waals surface area contributed by atoms with E-state index in [0.29, 0.717) is 34.1 Å². The molecule has 0 aliphatic heterocycles. The number of hydrogen-bond acceptors (Lipinski definition) is 6. The molecule has 236 valence electrons. The maximum absolute atomic E-state index is 14.3. The second kappa shape index (κ2) is 13.9. The summed E-state index contributed by atoms with van der Waals surface area (Å²) in [5.74, 6) is 0.606. The van der Waals surface area contributed by atoms with Crippen molar-refractivity contribution in [2.45, 2.75) is 108 Å². The van der Waals surface area contributed by atoms with Crippen molar-refractivity contribution in [2.24, 2.45) is 11.5 Å². The summed E-state index contributed by atoms with van der Waals surface area (Å²) in [6, 6.07) is 29.0. The molecule has 0 amide bonds. The van der Waals surface area contributed by atoms with Crippen molar-refractivity contribution in [3.8, 4) is 0 Å². The first-order chi connectivity index (χ1) is 22.5. The predicted molar refractivity (Wildman–Crippen MR) is 188 cm³/mol. The van der Waals surface area contributed by atoms with E-state index in [2.05, 4.69) is 48.5 Å². The Kier molecular flexibility index (Phi) is 9.50. The average molecular weight is 647 g/mol. The largest absolute Gasteiger partial charge is 0.327 e. The van der Waals surface area contributed by atoms with E-state index in [4.69, 9.17) is 11.5 Å². The van der Waals surface area contributed by atoms with Gasteiger partial charge in [-0.1, -0.05) is 111 Å². The molecule has 3 aliphatic rings.